The van der Waals surface area contributed by atoms with Crippen molar-refractivity contribution in [3.63, 3.8) is 0 Å². The zero-order chi connectivity index (χ0) is 21.1. The van der Waals surface area contributed by atoms with Crippen LogP contribution in [0, 0.1) is 5.92 Å². The number of nitrogens with zero attached hydrogens (tertiary/aromatic N) is 2. The molecule has 1 aromatic rings. The summed E-state index contributed by atoms with van der Waals surface area (Å²) >= 11 is 6.04. The first kappa shape index (κ1) is 22.3. The summed E-state index contributed by atoms with van der Waals surface area (Å²) < 4.78 is 36.1. The average Bonchev–Trinajstić information content (AvgIpc) is 2.66. The highest BCUT2D eigenvalue weighted by Crippen LogP contribution is 2.34. The molecule has 28 heavy (non-hydrogen) atoms. The van der Waals surface area contributed by atoms with Crippen molar-refractivity contribution in [3.8, 4) is 5.75 Å². The highest BCUT2D eigenvalue weighted by atomic mass is 35.5. The third-order valence-corrected chi connectivity index (χ3v) is 6.25. The average molecular weight is 433 g/mol. The van der Waals surface area contributed by atoms with Gasteiger partial charge in [-0.15, -0.1) is 0 Å². The number of halogens is 1. The smallest absolute Gasteiger partial charge is 0.308 e. The third kappa shape index (κ3) is 4.88. The van der Waals surface area contributed by atoms with Gasteiger partial charge < -0.3 is 14.4 Å². The van der Waals surface area contributed by atoms with Gasteiger partial charge in [0.2, 0.25) is 15.9 Å². The Hall–Kier alpha value is -2.00. The third-order valence-electron chi connectivity index (χ3n) is 4.79. The largest absolute Gasteiger partial charge is 0.495 e. The molecule has 8 nitrogen and oxygen atoms in total. The van der Waals surface area contributed by atoms with Crippen LogP contribution in [0.2, 0.25) is 5.02 Å². The number of sulfonamides is 1. The first-order valence-electron chi connectivity index (χ1n) is 8.79. The molecular formula is C18H25ClN2O6S. The van der Waals surface area contributed by atoms with Gasteiger partial charge in [-0.25, -0.2) is 8.42 Å². The van der Waals surface area contributed by atoms with Crippen LogP contribution in [0.1, 0.15) is 19.8 Å². The van der Waals surface area contributed by atoms with Gasteiger partial charge >= 0.3 is 5.97 Å². The van der Waals surface area contributed by atoms with E-state index in [4.69, 9.17) is 21.1 Å². The lowest BCUT2D eigenvalue weighted by molar-refractivity contribution is -0.149. The van der Waals surface area contributed by atoms with E-state index in [0.29, 0.717) is 36.7 Å². The van der Waals surface area contributed by atoms with Crippen LogP contribution in [0.4, 0.5) is 5.69 Å². The number of carbonyl (C=O) groups is 2. The van der Waals surface area contributed by atoms with E-state index in [1.807, 2.05) is 0 Å². The number of hydrogen-bond acceptors (Lipinski definition) is 6. The number of piperidine rings is 1. The van der Waals surface area contributed by atoms with Crippen molar-refractivity contribution in [2.45, 2.75) is 25.8 Å². The Bertz CT molecular complexity index is 836. The number of likely N-dealkylation sites (tertiary alicyclic amines) is 1. The van der Waals surface area contributed by atoms with Crippen LogP contribution in [0.5, 0.6) is 5.75 Å². The van der Waals surface area contributed by atoms with Crippen LogP contribution in [0.15, 0.2) is 18.2 Å². The van der Waals surface area contributed by atoms with Crippen molar-refractivity contribution < 1.29 is 27.5 Å². The second kappa shape index (κ2) is 9.00. The van der Waals surface area contributed by atoms with Gasteiger partial charge in [-0.1, -0.05) is 11.6 Å². The number of hydrogen-bond donors (Lipinski definition) is 0. The number of esters is 1. The summed E-state index contributed by atoms with van der Waals surface area (Å²) in [7, 11) is -1.05. The lowest BCUT2D eigenvalue weighted by Gasteiger charge is -2.36. The molecule has 1 fully saturated rings. The van der Waals surface area contributed by atoms with Crippen LogP contribution in [0.3, 0.4) is 0 Å². The molecule has 0 bridgehead atoms. The summed E-state index contributed by atoms with van der Waals surface area (Å²) in [5.41, 5.74) is 0.197. The highest BCUT2D eigenvalue weighted by Gasteiger charge is 2.36. The Morgan fingerprint density at radius 1 is 1.25 bits per heavy atom. The summed E-state index contributed by atoms with van der Waals surface area (Å²) in [6, 6.07) is 3.58. The van der Waals surface area contributed by atoms with Crippen molar-refractivity contribution in [2.24, 2.45) is 5.92 Å². The van der Waals surface area contributed by atoms with E-state index < -0.39 is 16.1 Å². The maximum atomic E-state index is 13.0. The Kier molecular flexibility index (Phi) is 7.16. The number of anilines is 1. The predicted molar refractivity (Wildman–Crippen MR) is 106 cm³/mol. The second-order valence-corrected chi connectivity index (χ2v) is 8.97. The van der Waals surface area contributed by atoms with E-state index in [1.54, 1.807) is 17.0 Å². The number of carbonyl (C=O) groups excluding carboxylic acids is 2. The molecule has 0 saturated carbocycles. The Morgan fingerprint density at radius 3 is 2.36 bits per heavy atom. The van der Waals surface area contributed by atoms with E-state index in [0.717, 1.165) is 10.6 Å². The van der Waals surface area contributed by atoms with Crippen LogP contribution in [0.25, 0.3) is 0 Å². The normalized spacial score (nSPS) is 16.4. The van der Waals surface area contributed by atoms with Gasteiger partial charge in [-0.05, 0) is 38.0 Å². The maximum Gasteiger partial charge on any atom is 0.308 e. The maximum absolute atomic E-state index is 13.0. The summed E-state index contributed by atoms with van der Waals surface area (Å²) in [5, 5.41) is 0.322. The monoisotopic (exact) mass is 432 g/mol. The van der Waals surface area contributed by atoms with Gasteiger partial charge in [0.05, 0.1) is 32.1 Å². The topological polar surface area (TPSA) is 93.2 Å². The molecule has 0 aliphatic carbocycles. The fraction of sp³-hybridized carbons (Fsp3) is 0.556. The molecule has 2 rings (SSSR count). The minimum absolute atomic E-state index is 0.197. The Morgan fingerprint density at radius 2 is 1.86 bits per heavy atom. The number of ether oxygens (including phenoxy) is 2. The molecule has 1 aliphatic heterocycles. The Labute approximate surface area is 170 Å². The van der Waals surface area contributed by atoms with Gasteiger partial charge in [0.25, 0.3) is 0 Å². The van der Waals surface area contributed by atoms with Crippen molar-refractivity contribution in [1.29, 1.82) is 0 Å². The second-order valence-electron chi connectivity index (χ2n) is 6.67. The molecule has 1 aliphatic rings. The van der Waals surface area contributed by atoms with E-state index in [1.165, 1.54) is 27.2 Å². The number of methoxy groups -OCH3 is 2. The quantitative estimate of drug-likeness (QED) is 0.637. The van der Waals surface area contributed by atoms with Crippen LogP contribution in [-0.4, -0.2) is 64.8 Å². The molecule has 1 heterocycles. The lowest BCUT2D eigenvalue weighted by Crippen LogP contribution is -2.51. The summed E-state index contributed by atoms with van der Waals surface area (Å²) in [4.78, 5) is 26.3. The molecule has 0 spiro atoms. The first-order chi connectivity index (χ1) is 13.1. The van der Waals surface area contributed by atoms with E-state index in [2.05, 4.69) is 0 Å². The zero-order valence-corrected chi connectivity index (χ0v) is 17.9. The predicted octanol–water partition coefficient (Wildman–Crippen LogP) is 1.91. The van der Waals surface area contributed by atoms with Gasteiger partial charge in [-0.2, -0.15) is 0 Å². The standard InChI is InChI=1S/C18H25ClN2O6S/c1-12(17(22)20-9-7-13(8-10-20)18(23)27-3)21(28(4,24)25)15-11-14(19)5-6-16(15)26-2/h5-6,11-13H,7-10H2,1-4H3/t12-/m0/s1. The van der Waals surface area contributed by atoms with Gasteiger partial charge in [0, 0.05) is 18.1 Å². The zero-order valence-electron chi connectivity index (χ0n) is 16.3. The molecule has 0 N–H and O–H groups in total. The summed E-state index contributed by atoms with van der Waals surface area (Å²) in [6.45, 7) is 2.23. The molecule has 1 saturated heterocycles. The first-order valence-corrected chi connectivity index (χ1v) is 11.0. The van der Waals surface area contributed by atoms with Crippen LogP contribution >= 0.6 is 11.6 Å². The molecule has 0 unspecified atom stereocenters. The van der Waals surface area contributed by atoms with E-state index in [-0.39, 0.29) is 23.5 Å². The molecule has 1 amide bonds. The fourth-order valence-electron chi connectivity index (χ4n) is 3.38. The number of rotatable bonds is 6. The number of amides is 1. The van der Waals surface area contributed by atoms with Crippen LogP contribution in [-0.2, 0) is 24.3 Å². The lowest BCUT2D eigenvalue weighted by atomic mass is 9.96. The van der Waals surface area contributed by atoms with E-state index in [9.17, 15) is 18.0 Å². The fourth-order valence-corrected chi connectivity index (χ4v) is 4.71. The molecule has 156 valence electrons. The molecule has 0 radical (unpaired) electrons. The van der Waals surface area contributed by atoms with Gasteiger partial charge in [0.15, 0.2) is 0 Å². The SMILES string of the molecule is COC(=O)C1CCN(C(=O)[C@H](C)N(c2cc(Cl)ccc2OC)S(C)(=O)=O)CC1. The molecule has 1 aromatic carbocycles. The van der Waals surface area contributed by atoms with Crippen molar-refractivity contribution >= 4 is 39.2 Å². The summed E-state index contributed by atoms with van der Waals surface area (Å²) in [5.74, 6) is -0.598. The molecule has 1 atom stereocenters. The summed E-state index contributed by atoms with van der Waals surface area (Å²) in [6.07, 6.45) is 1.98. The Balaban J connectivity index is 2.28. The van der Waals surface area contributed by atoms with Gasteiger partial charge in [0.1, 0.15) is 11.8 Å². The molecule has 0 aromatic heterocycles. The molecule has 10 heteroatoms. The highest BCUT2D eigenvalue weighted by molar-refractivity contribution is 7.92. The minimum atomic E-state index is -3.81. The minimum Gasteiger partial charge on any atom is -0.495 e. The van der Waals surface area contributed by atoms with Crippen molar-refractivity contribution in [2.75, 3.05) is 37.9 Å². The van der Waals surface area contributed by atoms with Gasteiger partial charge in [-0.3, -0.25) is 13.9 Å². The van der Waals surface area contributed by atoms with E-state index >= 15 is 0 Å². The van der Waals surface area contributed by atoms with Crippen LogP contribution < -0.4 is 9.04 Å². The molecular weight excluding hydrogens is 408 g/mol. The number of benzene rings is 1. The van der Waals surface area contributed by atoms with Crippen molar-refractivity contribution in [1.82, 2.24) is 4.90 Å². The van der Waals surface area contributed by atoms with Crippen molar-refractivity contribution in [3.05, 3.63) is 23.2 Å².